The fraction of sp³-hybridized carbons (Fsp3) is 0.562. The summed E-state index contributed by atoms with van der Waals surface area (Å²) in [5, 5.41) is 6.75. The summed E-state index contributed by atoms with van der Waals surface area (Å²) in [5.74, 6) is 0.420. The van der Waals surface area contributed by atoms with Gasteiger partial charge in [-0.15, -0.1) is 0 Å². The van der Waals surface area contributed by atoms with Gasteiger partial charge in [0.15, 0.2) is 0 Å². The third-order valence-electron chi connectivity index (χ3n) is 3.85. The average Bonchev–Trinajstić information content (AvgIpc) is 2.52. The zero-order valence-corrected chi connectivity index (χ0v) is 13.2. The number of hydrogen-bond donors (Lipinski definition) is 2. The summed E-state index contributed by atoms with van der Waals surface area (Å²) >= 11 is 6.10. The fourth-order valence-electron chi connectivity index (χ4n) is 2.73. The maximum absolute atomic E-state index is 11.3. The van der Waals surface area contributed by atoms with E-state index in [0.717, 1.165) is 36.5 Å². The highest BCUT2D eigenvalue weighted by Crippen LogP contribution is 2.32. The van der Waals surface area contributed by atoms with Crippen molar-refractivity contribution in [2.45, 2.75) is 25.4 Å². The monoisotopic (exact) mass is 310 g/mol. The summed E-state index contributed by atoms with van der Waals surface area (Å²) in [5.41, 5.74) is 1.09. The van der Waals surface area contributed by atoms with Crippen LogP contribution in [0.1, 0.15) is 30.9 Å². The molecule has 0 saturated carbocycles. The van der Waals surface area contributed by atoms with Crippen molar-refractivity contribution >= 4 is 17.5 Å². The molecule has 1 aromatic rings. The number of rotatable bonds is 6. The maximum Gasteiger partial charge on any atom is 0.222 e. The third-order valence-corrected chi connectivity index (χ3v) is 4.08. The van der Waals surface area contributed by atoms with Gasteiger partial charge in [0.05, 0.1) is 12.7 Å². The Hall–Kier alpha value is -1.10. The third kappa shape index (κ3) is 4.99. The molecular weight excluding hydrogens is 288 g/mol. The van der Waals surface area contributed by atoms with Gasteiger partial charge in [0, 0.05) is 31.0 Å². The maximum atomic E-state index is 11.3. The summed E-state index contributed by atoms with van der Waals surface area (Å²) in [4.78, 5) is 11.3. The van der Waals surface area contributed by atoms with E-state index in [1.165, 1.54) is 0 Å². The van der Waals surface area contributed by atoms with E-state index >= 15 is 0 Å². The second-order valence-electron chi connectivity index (χ2n) is 5.38. The number of amides is 1. The first kappa shape index (κ1) is 16.3. The molecule has 1 fully saturated rings. The molecule has 2 atom stereocenters. The van der Waals surface area contributed by atoms with Gasteiger partial charge in [-0.3, -0.25) is 4.79 Å². The van der Waals surface area contributed by atoms with Gasteiger partial charge in [0.2, 0.25) is 5.91 Å². The molecular formula is C16H23ClN2O2. The van der Waals surface area contributed by atoms with Crippen LogP contribution in [0.15, 0.2) is 24.3 Å². The van der Waals surface area contributed by atoms with Gasteiger partial charge >= 0.3 is 0 Å². The zero-order chi connectivity index (χ0) is 15.1. The number of halogens is 1. The molecule has 2 N–H and O–H groups in total. The number of nitrogens with one attached hydrogen (secondary N) is 2. The largest absolute Gasteiger partial charge is 0.373 e. The molecule has 2 rings (SSSR count). The van der Waals surface area contributed by atoms with Crippen LogP contribution in [0.25, 0.3) is 0 Å². The Morgan fingerprint density at radius 1 is 1.57 bits per heavy atom. The Kier molecular flexibility index (Phi) is 6.49. The molecule has 1 aliphatic rings. The smallest absolute Gasteiger partial charge is 0.222 e. The first-order valence-corrected chi connectivity index (χ1v) is 7.87. The SMILES string of the molecule is CNC(=O)CCO[C@H](c1cccc(Cl)c1)[C@@H]1CCCNC1. The summed E-state index contributed by atoms with van der Waals surface area (Å²) in [6, 6.07) is 7.82. The van der Waals surface area contributed by atoms with Crippen LogP contribution in [-0.2, 0) is 9.53 Å². The predicted octanol–water partition coefficient (Wildman–Crippen LogP) is 2.53. The molecule has 0 aliphatic carbocycles. The molecule has 0 radical (unpaired) electrons. The minimum atomic E-state index is -0.0128. The minimum Gasteiger partial charge on any atom is -0.373 e. The van der Waals surface area contributed by atoms with E-state index in [4.69, 9.17) is 16.3 Å². The predicted molar refractivity (Wildman–Crippen MR) is 84.4 cm³/mol. The van der Waals surface area contributed by atoms with Gasteiger partial charge in [0.1, 0.15) is 0 Å². The molecule has 1 heterocycles. The highest BCUT2D eigenvalue weighted by molar-refractivity contribution is 6.30. The first-order valence-electron chi connectivity index (χ1n) is 7.49. The van der Waals surface area contributed by atoms with Crippen molar-refractivity contribution in [1.29, 1.82) is 0 Å². The molecule has 116 valence electrons. The minimum absolute atomic E-state index is 0.00149. The zero-order valence-electron chi connectivity index (χ0n) is 12.4. The van der Waals surface area contributed by atoms with Crippen molar-refractivity contribution in [2.24, 2.45) is 5.92 Å². The highest BCUT2D eigenvalue weighted by Gasteiger charge is 2.26. The summed E-state index contributed by atoms with van der Waals surface area (Å²) < 4.78 is 6.04. The van der Waals surface area contributed by atoms with Crippen molar-refractivity contribution in [3.05, 3.63) is 34.9 Å². The molecule has 5 heteroatoms. The van der Waals surface area contributed by atoms with Crippen molar-refractivity contribution in [3.8, 4) is 0 Å². The normalized spacial score (nSPS) is 20.0. The van der Waals surface area contributed by atoms with Crippen molar-refractivity contribution < 1.29 is 9.53 Å². The lowest BCUT2D eigenvalue weighted by molar-refractivity contribution is -0.122. The van der Waals surface area contributed by atoms with Crippen LogP contribution in [0.2, 0.25) is 5.02 Å². The van der Waals surface area contributed by atoms with Crippen LogP contribution in [0, 0.1) is 5.92 Å². The highest BCUT2D eigenvalue weighted by atomic mass is 35.5. The molecule has 0 aromatic heterocycles. The number of piperidine rings is 1. The number of carbonyl (C=O) groups excluding carboxylic acids is 1. The topological polar surface area (TPSA) is 50.4 Å². The molecule has 0 unspecified atom stereocenters. The Balaban J connectivity index is 2.04. The van der Waals surface area contributed by atoms with Gasteiger partial charge in [-0.2, -0.15) is 0 Å². The van der Waals surface area contributed by atoms with Crippen LogP contribution in [0.3, 0.4) is 0 Å². The summed E-state index contributed by atoms with van der Waals surface area (Å²) in [7, 11) is 1.64. The van der Waals surface area contributed by atoms with E-state index < -0.39 is 0 Å². The van der Waals surface area contributed by atoms with E-state index in [1.807, 2.05) is 24.3 Å². The van der Waals surface area contributed by atoms with E-state index in [2.05, 4.69) is 10.6 Å². The van der Waals surface area contributed by atoms with E-state index in [9.17, 15) is 4.79 Å². The number of hydrogen-bond acceptors (Lipinski definition) is 3. The molecule has 1 aromatic carbocycles. The van der Waals surface area contributed by atoms with Gasteiger partial charge in [-0.05, 0) is 37.1 Å². The first-order chi connectivity index (χ1) is 10.2. The molecule has 1 aliphatic heterocycles. The lowest BCUT2D eigenvalue weighted by atomic mass is 9.89. The summed E-state index contributed by atoms with van der Waals surface area (Å²) in [6.07, 6.45) is 2.65. The standard InChI is InChI=1S/C16H23ClN2O2/c1-18-15(20)7-9-21-16(13-5-3-8-19-11-13)12-4-2-6-14(17)10-12/h2,4,6,10,13,16,19H,3,5,7-9,11H2,1H3,(H,18,20)/t13-,16-/m1/s1. The summed E-state index contributed by atoms with van der Waals surface area (Å²) in [6.45, 7) is 2.43. The van der Waals surface area contributed by atoms with Crippen LogP contribution in [-0.4, -0.2) is 32.7 Å². The van der Waals surface area contributed by atoms with Crippen LogP contribution in [0.5, 0.6) is 0 Å². The lowest BCUT2D eigenvalue weighted by Gasteiger charge is -2.31. The Morgan fingerprint density at radius 2 is 2.43 bits per heavy atom. The van der Waals surface area contributed by atoms with Gasteiger partial charge in [0.25, 0.3) is 0 Å². The second kappa shape index (κ2) is 8.37. The van der Waals surface area contributed by atoms with Crippen LogP contribution < -0.4 is 10.6 Å². The van der Waals surface area contributed by atoms with E-state index in [-0.39, 0.29) is 12.0 Å². The molecule has 4 nitrogen and oxygen atoms in total. The number of carbonyl (C=O) groups is 1. The van der Waals surface area contributed by atoms with E-state index in [1.54, 1.807) is 7.05 Å². The fourth-order valence-corrected chi connectivity index (χ4v) is 2.93. The van der Waals surface area contributed by atoms with Gasteiger partial charge in [-0.25, -0.2) is 0 Å². The second-order valence-corrected chi connectivity index (χ2v) is 5.81. The molecule has 1 saturated heterocycles. The van der Waals surface area contributed by atoms with Crippen molar-refractivity contribution in [1.82, 2.24) is 10.6 Å². The quantitative estimate of drug-likeness (QED) is 0.849. The van der Waals surface area contributed by atoms with Crippen molar-refractivity contribution in [3.63, 3.8) is 0 Å². The lowest BCUT2D eigenvalue weighted by Crippen LogP contribution is -2.34. The van der Waals surface area contributed by atoms with Gasteiger partial charge < -0.3 is 15.4 Å². The molecule has 0 spiro atoms. The molecule has 1 amide bonds. The number of benzene rings is 1. The van der Waals surface area contributed by atoms with E-state index in [0.29, 0.717) is 18.9 Å². The van der Waals surface area contributed by atoms with Gasteiger partial charge in [-0.1, -0.05) is 23.7 Å². The number of ether oxygens (including phenoxy) is 1. The Labute approximate surface area is 131 Å². The average molecular weight is 311 g/mol. The van der Waals surface area contributed by atoms with Crippen LogP contribution >= 0.6 is 11.6 Å². The molecule has 0 bridgehead atoms. The van der Waals surface area contributed by atoms with Crippen molar-refractivity contribution in [2.75, 3.05) is 26.7 Å². The Bertz CT molecular complexity index is 461. The van der Waals surface area contributed by atoms with Crippen LogP contribution in [0.4, 0.5) is 0 Å². The molecule has 21 heavy (non-hydrogen) atoms. The Morgan fingerprint density at radius 3 is 3.10 bits per heavy atom.